The zero-order chi connectivity index (χ0) is 16.2. The van der Waals surface area contributed by atoms with Crippen molar-refractivity contribution in [2.75, 3.05) is 6.61 Å². The zero-order valence-electron chi connectivity index (χ0n) is 14.2. The van der Waals surface area contributed by atoms with Crippen molar-refractivity contribution in [1.82, 2.24) is 4.98 Å². The number of hydrogen-bond donors (Lipinski definition) is 1. The Morgan fingerprint density at radius 2 is 1.83 bits per heavy atom. The average molecular weight is 307 g/mol. The Morgan fingerprint density at radius 1 is 1.00 bits per heavy atom. The molecule has 0 amide bonds. The summed E-state index contributed by atoms with van der Waals surface area (Å²) in [7, 11) is 0. The molecular formula is C21H25NO. The molecule has 0 bridgehead atoms. The van der Waals surface area contributed by atoms with Crippen molar-refractivity contribution in [3.63, 3.8) is 0 Å². The lowest BCUT2D eigenvalue weighted by molar-refractivity contribution is 0.269. The van der Waals surface area contributed by atoms with Gasteiger partial charge >= 0.3 is 0 Å². The van der Waals surface area contributed by atoms with Crippen molar-refractivity contribution < 1.29 is 4.74 Å². The number of fused-ring (bicyclic) bond motifs is 1. The van der Waals surface area contributed by atoms with Gasteiger partial charge in [0.2, 0.25) is 0 Å². The summed E-state index contributed by atoms with van der Waals surface area (Å²) in [5, 5.41) is 1.29. The van der Waals surface area contributed by atoms with Gasteiger partial charge in [0.25, 0.3) is 0 Å². The molecule has 0 fully saturated rings. The summed E-state index contributed by atoms with van der Waals surface area (Å²) in [4.78, 5) is 3.51. The number of para-hydroxylation sites is 1. The molecule has 0 saturated heterocycles. The number of rotatable bonds is 6. The molecule has 0 aliphatic rings. The van der Waals surface area contributed by atoms with Crippen LogP contribution in [0.1, 0.15) is 30.7 Å². The van der Waals surface area contributed by atoms with Gasteiger partial charge in [-0.25, -0.2) is 0 Å². The molecule has 1 heterocycles. The van der Waals surface area contributed by atoms with Gasteiger partial charge in [-0.05, 0) is 60.4 Å². The Kier molecular flexibility index (Phi) is 4.71. The first-order valence-electron chi connectivity index (χ1n) is 8.41. The molecule has 0 aliphatic carbocycles. The van der Waals surface area contributed by atoms with Gasteiger partial charge in [-0.2, -0.15) is 0 Å². The highest BCUT2D eigenvalue weighted by atomic mass is 16.5. The summed E-state index contributed by atoms with van der Waals surface area (Å²) in [6.07, 6.45) is 2.04. The van der Waals surface area contributed by atoms with Crippen molar-refractivity contribution in [2.24, 2.45) is 5.92 Å². The molecule has 0 saturated carbocycles. The van der Waals surface area contributed by atoms with E-state index >= 15 is 0 Å². The third-order valence-corrected chi connectivity index (χ3v) is 4.22. The second-order valence-corrected chi connectivity index (χ2v) is 6.63. The van der Waals surface area contributed by atoms with Crippen molar-refractivity contribution in [3.05, 3.63) is 65.4 Å². The maximum absolute atomic E-state index is 5.93. The Labute approximate surface area is 138 Å². The van der Waals surface area contributed by atoms with Gasteiger partial charge in [0, 0.05) is 11.2 Å². The summed E-state index contributed by atoms with van der Waals surface area (Å²) in [6.45, 7) is 7.28. The maximum atomic E-state index is 5.93. The molecule has 2 nitrogen and oxygen atoms in total. The van der Waals surface area contributed by atoms with Gasteiger partial charge in [0.1, 0.15) is 5.75 Å². The van der Waals surface area contributed by atoms with Gasteiger partial charge in [0.15, 0.2) is 0 Å². The normalized spacial score (nSPS) is 11.3. The summed E-state index contributed by atoms with van der Waals surface area (Å²) in [6, 6.07) is 17.1. The molecule has 3 aromatic rings. The number of aromatic amines is 1. The summed E-state index contributed by atoms with van der Waals surface area (Å²) >= 11 is 0. The number of benzene rings is 2. The first-order valence-corrected chi connectivity index (χ1v) is 8.41. The van der Waals surface area contributed by atoms with Crippen LogP contribution in [0, 0.1) is 12.8 Å². The van der Waals surface area contributed by atoms with E-state index in [0.29, 0.717) is 5.92 Å². The van der Waals surface area contributed by atoms with Crippen LogP contribution in [-0.2, 0) is 12.8 Å². The lowest BCUT2D eigenvalue weighted by atomic mass is 10.0. The number of nitrogens with one attached hydrogen (secondary N) is 1. The topological polar surface area (TPSA) is 25.0 Å². The Bertz CT molecular complexity index is 752. The molecule has 0 unspecified atom stereocenters. The lowest BCUT2D eigenvalue weighted by Crippen LogP contribution is -2.06. The largest absolute Gasteiger partial charge is 0.493 e. The molecule has 2 aromatic carbocycles. The quantitative estimate of drug-likeness (QED) is 0.657. The molecule has 0 aliphatic heterocycles. The zero-order valence-corrected chi connectivity index (χ0v) is 14.2. The highest BCUT2D eigenvalue weighted by Gasteiger charge is 2.07. The molecule has 1 N–H and O–H groups in total. The minimum absolute atomic E-state index is 0.546. The van der Waals surface area contributed by atoms with Crippen LogP contribution in [0.2, 0.25) is 0 Å². The highest BCUT2D eigenvalue weighted by Crippen LogP contribution is 2.24. The van der Waals surface area contributed by atoms with Gasteiger partial charge in [0.05, 0.1) is 6.61 Å². The molecule has 0 atom stereocenters. The summed E-state index contributed by atoms with van der Waals surface area (Å²) < 4.78 is 5.93. The number of hydrogen-bond acceptors (Lipinski definition) is 1. The van der Waals surface area contributed by atoms with Crippen LogP contribution in [0.3, 0.4) is 0 Å². The van der Waals surface area contributed by atoms with Crippen molar-refractivity contribution in [2.45, 2.75) is 33.6 Å². The molecule has 3 rings (SSSR count). The standard InChI is InChI=1S/C21H25NO/c1-15(2)14-23-21-10-6-8-17(16(21)3)11-12-19-13-18-7-4-5-9-20(18)22-19/h4-10,13,15,22H,11-12,14H2,1-3H3. The van der Waals surface area contributed by atoms with Gasteiger partial charge in [-0.15, -0.1) is 0 Å². The lowest BCUT2D eigenvalue weighted by Gasteiger charge is -2.14. The molecule has 1 aromatic heterocycles. The Balaban J connectivity index is 1.71. The SMILES string of the molecule is Cc1c(CCc2cc3ccccc3[nH]2)cccc1OCC(C)C. The molecule has 0 spiro atoms. The van der Waals surface area contributed by atoms with Crippen LogP contribution >= 0.6 is 0 Å². The number of aryl methyl sites for hydroxylation is 2. The minimum atomic E-state index is 0.546. The van der Waals surface area contributed by atoms with E-state index in [4.69, 9.17) is 4.74 Å². The smallest absolute Gasteiger partial charge is 0.122 e. The summed E-state index contributed by atoms with van der Waals surface area (Å²) in [5.74, 6) is 1.57. The highest BCUT2D eigenvalue weighted by molar-refractivity contribution is 5.80. The van der Waals surface area contributed by atoms with Crippen molar-refractivity contribution in [3.8, 4) is 5.75 Å². The predicted molar refractivity (Wildman–Crippen MR) is 97.2 cm³/mol. The van der Waals surface area contributed by atoms with E-state index < -0.39 is 0 Å². The van der Waals surface area contributed by atoms with Crippen LogP contribution in [0.15, 0.2) is 48.5 Å². The first kappa shape index (κ1) is 15.7. The second-order valence-electron chi connectivity index (χ2n) is 6.63. The molecule has 120 valence electrons. The monoisotopic (exact) mass is 307 g/mol. The Hall–Kier alpha value is -2.22. The van der Waals surface area contributed by atoms with Crippen molar-refractivity contribution in [1.29, 1.82) is 0 Å². The maximum Gasteiger partial charge on any atom is 0.122 e. The van der Waals surface area contributed by atoms with E-state index in [1.165, 1.54) is 27.7 Å². The second kappa shape index (κ2) is 6.91. The average Bonchev–Trinajstić information content (AvgIpc) is 2.95. The van der Waals surface area contributed by atoms with Gasteiger partial charge < -0.3 is 9.72 Å². The number of aromatic nitrogens is 1. The first-order chi connectivity index (χ1) is 11.1. The van der Waals surface area contributed by atoms with E-state index in [2.05, 4.69) is 74.3 Å². The van der Waals surface area contributed by atoms with Crippen LogP contribution in [0.4, 0.5) is 0 Å². The predicted octanol–water partition coefficient (Wildman–Crippen LogP) is 5.30. The Morgan fingerprint density at radius 3 is 2.61 bits per heavy atom. The van der Waals surface area contributed by atoms with Crippen molar-refractivity contribution >= 4 is 10.9 Å². The molecule has 0 radical (unpaired) electrons. The number of ether oxygens (including phenoxy) is 1. The van der Waals surface area contributed by atoms with Crippen LogP contribution in [0.25, 0.3) is 10.9 Å². The van der Waals surface area contributed by atoms with E-state index in [0.717, 1.165) is 25.2 Å². The third kappa shape index (κ3) is 3.76. The van der Waals surface area contributed by atoms with Gasteiger partial charge in [-0.3, -0.25) is 0 Å². The summed E-state index contributed by atoms with van der Waals surface area (Å²) in [5.41, 5.74) is 5.14. The molecule has 2 heteroatoms. The third-order valence-electron chi connectivity index (χ3n) is 4.22. The van der Waals surface area contributed by atoms with Gasteiger partial charge in [-0.1, -0.05) is 44.2 Å². The fraction of sp³-hybridized carbons (Fsp3) is 0.333. The van der Waals surface area contributed by atoms with E-state index in [1.54, 1.807) is 0 Å². The molecule has 23 heavy (non-hydrogen) atoms. The van der Waals surface area contributed by atoms with E-state index in [-0.39, 0.29) is 0 Å². The van der Waals surface area contributed by atoms with Crippen LogP contribution in [0.5, 0.6) is 5.75 Å². The fourth-order valence-electron chi connectivity index (χ4n) is 2.88. The number of H-pyrrole nitrogens is 1. The van der Waals surface area contributed by atoms with Crippen LogP contribution in [-0.4, -0.2) is 11.6 Å². The van der Waals surface area contributed by atoms with Crippen LogP contribution < -0.4 is 4.74 Å². The molecular weight excluding hydrogens is 282 g/mol. The fourth-order valence-corrected chi connectivity index (χ4v) is 2.88. The van der Waals surface area contributed by atoms with E-state index in [1.807, 2.05) is 0 Å². The van der Waals surface area contributed by atoms with E-state index in [9.17, 15) is 0 Å². The minimum Gasteiger partial charge on any atom is -0.493 e.